The van der Waals surface area contributed by atoms with Crippen LogP contribution in [-0.2, 0) is 6.42 Å². The van der Waals surface area contributed by atoms with E-state index in [1.54, 1.807) is 0 Å². The van der Waals surface area contributed by atoms with Gasteiger partial charge in [0.25, 0.3) is 0 Å². The molecule has 0 saturated carbocycles. The first-order valence-corrected chi connectivity index (χ1v) is 8.50. The fourth-order valence-corrected chi connectivity index (χ4v) is 2.55. The zero-order valence-electron chi connectivity index (χ0n) is 13.9. The second-order valence-electron chi connectivity index (χ2n) is 5.54. The molecular weight excluding hydrogens is 302 g/mol. The molecule has 0 aliphatic heterocycles. The topological polar surface area (TPSA) is 27.3 Å². The highest BCUT2D eigenvalue weighted by atomic mass is 32.1. The van der Waals surface area contributed by atoms with Gasteiger partial charge in [0.15, 0.2) is 5.11 Å². The minimum absolute atomic E-state index is 0.677. The van der Waals surface area contributed by atoms with E-state index >= 15 is 0 Å². The third-order valence-electron chi connectivity index (χ3n) is 3.77. The van der Waals surface area contributed by atoms with Gasteiger partial charge >= 0.3 is 0 Å². The molecule has 0 bridgehead atoms. The Morgan fingerprint density at radius 1 is 1.04 bits per heavy atom. The first-order valence-electron chi connectivity index (χ1n) is 8.09. The molecule has 0 amide bonds. The zero-order chi connectivity index (χ0) is 16.5. The highest BCUT2D eigenvalue weighted by molar-refractivity contribution is 7.80. The van der Waals surface area contributed by atoms with Crippen LogP contribution in [0.2, 0.25) is 0 Å². The summed E-state index contributed by atoms with van der Waals surface area (Å²) in [6, 6.07) is 18.8. The van der Waals surface area contributed by atoms with Crippen molar-refractivity contribution in [2.45, 2.75) is 19.8 Å². The van der Waals surface area contributed by atoms with Gasteiger partial charge in [0.2, 0.25) is 0 Å². The van der Waals surface area contributed by atoms with Gasteiger partial charge in [-0.1, -0.05) is 37.3 Å². The highest BCUT2D eigenvalue weighted by Crippen LogP contribution is 2.11. The minimum atomic E-state index is 0.677. The van der Waals surface area contributed by atoms with E-state index < -0.39 is 0 Å². The summed E-state index contributed by atoms with van der Waals surface area (Å²) < 4.78 is 0. The number of hydrogen-bond donors (Lipinski definition) is 2. The molecule has 2 N–H and O–H groups in total. The smallest absolute Gasteiger partial charge is 0.170 e. The van der Waals surface area contributed by atoms with E-state index in [0.717, 1.165) is 31.6 Å². The lowest BCUT2D eigenvalue weighted by atomic mass is 10.1. The Morgan fingerprint density at radius 3 is 2.39 bits per heavy atom. The van der Waals surface area contributed by atoms with Gasteiger partial charge in [-0.2, -0.15) is 0 Å². The molecule has 2 rings (SSSR count). The molecule has 0 aliphatic rings. The third-order valence-corrected chi connectivity index (χ3v) is 4.02. The number of thiocarbonyl (C=S) groups is 1. The SMILES string of the molecule is CCc1ccc(NC(=S)NCCCN(C)c2ccccc2)cc1. The van der Waals surface area contributed by atoms with Crippen molar-refractivity contribution in [2.24, 2.45) is 0 Å². The quantitative estimate of drug-likeness (QED) is 0.592. The Kier molecular flexibility index (Phi) is 6.88. The van der Waals surface area contributed by atoms with Gasteiger partial charge in [-0.3, -0.25) is 0 Å². The van der Waals surface area contributed by atoms with Crippen molar-refractivity contribution in [1.82, 2.24) is 5.32 Å². The van der Waals surface area contributed by atoms with Crippen molar-refractivity contribution in [1.29, 1.82) is 0 Å². The van der Waals surface area contributed by atoms with Crippen molar-refractivity contribution in [3.63, 3.8) is 0 Å². The molecule has 4 heteroatoms. The van der Waals surface area contributed by atoms with Gasteiger partial charge in [-0.15, -0.1) is 0 Å². The van der Waals surface area contributed by atoms with Crippen LogP contribution in [0.3, 0.4) is 0 Å². The molecule has 0 radical (unpaired) electrons. The Hall–Kier alpha value is -2.07. The van der Waals surface area contributed by atoms with E-state index in [1.165, 1.54) is 11.3 Å². The summed E-state index contributed by atoms with van der Waals surface area (Å²) in [5.41, 5.74) is 3.60. The van der Waals surface area contributed by atoms with E-state index in [1.807, 2.05) is 6.07 Å². The first kappa shape index (κ1) is 17.3. The summed E-state index contributed by atoms with van der Waals surface area (Å²) in [6.45, 7) is 4.00. The Labute approximate surface area is 144 Å². The van der Waals surface area contributed by atoms with Gasteiger partial charge in [-0.25, -0.2) is 0 Å². The molecule has 0 aliphatic carbocycles. The molecule has 122 valence electrons. The maximum atomic E-state index is 5.33. The summed E-state index contributed by atoms with van der Waals surface area (Å²) >= 11 is 5.33. The molecule has 0 atom stereocenters. The molecule has 2 aromatic rings. The average Bonchev–Trinajstić information content (AvgIpc) is 2.60. The summed E-state index contributed by atoms with van der Waals surface area (Å²) in [5, 5.41) is 7.16. The number of benzene rings is 2. The maximum Gasteiger partial charge on any atom is 0.170 e. The summed E-state index contributed by atoms with van der Waals surface area (Å²) in [5.74, 6) is 0. The lowest BCUT2D eigenvalue weighted by Crippen LogP contribution is -2.31. The van der Waals surface area contributed by atoms with Crippen LogP contribution in [0.4, 0.5) is 11.4 Å². The summed E-state index contributed by atoms with van der Waals surface area (Å²) in [6.07, 6.45) is 2.08. The van der Waals surface area contributed by atoms with Crippen LogP contribution in [0, 0.1) is 0 Å². The number of hydrogen-bond acceptors (Lipinski definition) is 2. The van der Waals surface area contributed by atoms with Crippen LogP contribution in [0.25, 0.3) is 0 Å². The lowest BCUT2D eigenvalue weighted by Gasteiger charge is -2.19. The van der Waals surface area contributed by atoms with Gasteiger partial charge in [0.05, 0.1) is 0 Å². The fraction of sp³-hybridized carbons (Fsp3) is 0.316. The second kappa shape index (κ2) is 9.16. The van der Waals surface area contributed by atoms with Crippen molar-refractivity contribution in [3.8, 4) is 0 Å². The monoisotopic (exact) mass is 327 g/mol. The van der Waals surface area contributed by atoms with Crippen molar-refractivity contribution in [3.05, 3.63) is 60.2 Å². The van der Waals surface area contributed by atoms with Gasteiger partial charge in [0.1, 0.15) is 0 Å². The number of aryl methyl sites for hydroxylation is 1. The molecule has 0 fully saturated rings. The molecule has 0 unspecified atom stereocenters. The van der Waals surface area contributed by atoms with E-state index in [4.69, 9.17) is 12.2 Å². The van der Waals surface area contributed by atoms with Crippen LogP contribution >= 0.6 is 12.2 Å². The van der Waals surface area contributed by atoms with Crippen molar-refractivity contribution < 1.29 is 0 Å². The summed E-state index contributed by atoms with van der Waals surface area (Å²) in [4.78, 5) is 2.25. The van der Waals surface area contributed by atoms with Gasteiger partial charge < -0.3 is 15.5 Å². The zero-order valence-corrected chi connectivity index (χ0v) is 14.7. The molecule has 0 spiro atoms. The Morgan fingerprint density at radius 2 is 1.74 bits per heavy atom. The van der Waals surface area contributed by atoms with Crippen molar-refractivity contribution >= 4 is 28.7 Å². The third kappa shape index (κ3) is 5.91. The van der Waals surface area contributed by atoms with Gasteiger partial charge in [-0.05, 0) is 54.9 Å². The maximum absolute atomic E-state index is 5.33. The lowest BCUT2D eigenvalue weighted by molar-refractivity contribution is 0.755. The molecule has 0 aromatic heterocycles. The Balaban J connectivity index is 1.66. The predicted octanol–water partition coefficient (Wildman–Crippen LogP) is 4.06. The molecule has 23 heavy (non-hydrogen) atoms. The van der Waals surface area contributed by atoms with Crippen LogP contribution in [0.15, 0.2) is 54.6 Å². The van der Waals surface area contributed by atoms with Crippen LogP contribution < -0.4 is 15.5 Å². The van der Waals surface area contributed by atoms with Crippen molar-refractivity contribution in [2.75, 3.05) is 30.4 Å². The first-order chi connectivity index (χ1) is 11.2. The molecular formula is C19H25N3S. The normalized spacial score (nSPS) is 10.2. The van der Waals surface area contributed by atoms with E-state index in [2.05, 4.69) is 78.0 Å². The number of para-hydroxylation sites is 1. The van der Waals surface area contributed by atoms with Crippen LogP contribution in [0.1, 0.15) is 18.9 Å². The molecule has 2 aromatic carbocycles. The second-order valence-corrected chi connectivity index (χ2v) is 5.95. The van der Waals surface area contributed by atoms with E-state index in [0.29, 0.717) is 5.11 Å². The number of nitrogens with zero attached hydrogens (tertiary/aromatic N) is 1. The highest BCUT2D eigenvalue weighted by Gasteiger charge is 2.01. The molecule has 3 nitrogen and oxygen atoms in total. The molecule has 0 heterocycles. The summed E-state index contributed by atoms with van der Waals surface area (Å²) in [7, 11) is 2.11. The minimum Gasteiger partial charge on any atom is -0.375 e. The van der Waals surface area contributed by atoms with Gasteiger partial charge in [0, 0.05) is 31.5 Å². The number of nitrogens with one attached hydrogen (secondary N) is 2. The standard InChI is InChI=1S/C19H25N3S/c1-3-16-10-12-17(13-11-16)21-19(23)20-14-7-15-22(2)18-8-5-4-6-9-18/h4-6,8-13H,3,7,14-15H2,1-2H3,(H2,20,21,23). The number of anilines is 2. The average molecular weight is 327 g/mol. The largest absolute Gasteiger partial charge is 0.375 e. The fourth-order valence-electron chi connectivity index (χ4n) is 2.33. The predicted molar refractivity (Wildman–Crippen MR) is 104 cm³/mol. The van der Waals surface area contributed by atoms with E-state index in [-0.39, 0.29) is 0 Å². The number of rotatable bonds is 7. The van der Waals surface area contributed by atoms with Crippen LogP contribution in [-0.4, -0.2) is 25.2 Å². The van der Waals surface area contributed by atoms with Crippen LogP contribution in [0.5, 0.6) is 0 Å². The Bertz CT molecular complexity index is 596. The molecule has 0 saturated heterocycles. The van der Waals surface area contributed by atoms with E-state index in [9.17, 15) is 0 Å².